The highest BCUT2D eigenvalue weighted by Crippen LogP contribution is 2.36. The maximum atomic E-state index is 14.5. The summed E-state index contributed by atoms with van der Waals surface area (Å²) in [5.74, 6) is -0.784. The molecular formula is C20H26BF4N3O6. The Hall–Kier alpha value is -2.61. The molecular weight excluding hydrogens is 465 g/mol. The zero-order chi connectivity index (χ0) is 25.5. The molecule has 14 heteroatoms. The molecule has 2 aliphatic heterocycles. The van der Waals surface area contributed by atoms with Gasteiger partial charge in [0.2, 0.25) is 5.88 Å². The molecule has 2 atom stereocenters. The average molecular weight is 491 g/mol. The van der Waals surface area contributed by atoms with Crippen molar-refractivity contribution in [3.05, 3.63) is 17.8 Å². The van der Waals surface area contributed by atoms with E-state index in [0.29, 0.717) is 5.46 Å². The number of likely N-dealkylation sites (tertiary alicyclic amines) is 1. The smallest absolute Gasteiger partial charge is 0.480 e. The number of hydrogen-bond acceptors (Lipinski definition) is 7. The van der Waals surface area contributed by atoms with Crippen LogP contribution in [0.15, 0.2) is 12.3 Å². The minimum absolute atomic E-state index is 0.0278. The molecule has 2 aliphatic rings. The van der Waals surface area contributed by atoms with Gasteiger partial charge >= 0.3 is 19.4 Å². The number of amides is 2. The monoisotopic (exact) mass is 491 g/mol. The van der Waals surface area contributed by atoms with Gasteiger partial charge in [-0.15, -0.1) is 0 Å². The molecule has 3 rings (SSSR count). The van der Waals surface area contributed by atoms with Gasteiger partial charge in [-0.2, -0.15) is 13.2 Å². The SMILES string of the molecule is COc1ncc(B2OC(C)(C)C(C)(C)O2)cc1C(=O)N[C@@H]1CN(C(=O)OCC(F)(F)F)C[C@@H]1F. The van der Waals surface area contributed by atoms with Crippen LogP contribution in [-0.4, -0.2) is 85.4 Å². The summed E-state index contributed by atoms with van der Waals surface area (Å²) in [6, 6.07) is 0.275. The summed E-state index contributed by atoms with van der Waals surface area (Å²) in [6.45, 7) is 4.79. The lowest BCUT2D eigenvalue weighted by molar-refractivity contribution is -0.162. The summed E-state index contributed by atoms with van der Waals surface area (Å²) < 4.78 is 72.4. The number of methoxy groups -OCH3 is 1. The highest BCUT2D eigenvalue weighted by Gasteiger charge is 2.52. The summed E-state index contributed by atoms with van der Waals surface area (Å²) in [6.07, 6.45) is -6.31. The molecule has 2 amide bonds. The summed E-state index contributed by atoms with van der Waals surface area (Å²) in [7, 11) is 0.494. The number of pyridine rings is 1. The van der Waals surface area contributed by atoms with Crippen molar-refractivity contribution in [2.75, 3.05) is 26.8 Å². The van der Waals surface area contributed by atoms with Crippen LogP contribution in [-0.2, 0) is 14.0 Å². The fourth-order valence-corrected chi connectivity index (χ4v) is 3.43. The Morgan fingerprint density at radius 2 is 1.85 bits per heavy atom. The van der Waals surface area contributed by atoms with Gasteiger partial charge in [0.05, 0.1) is 30.9 Å². The maximum absolute atomic E-state index is 14.5. The number of nitrogens with one attached hydrogen (secondary N) is 1. The van der Waals surface area contributed by atoms with E-state index in [2.05, 4.69) is 15.0 Å². The quantitative estimate of drug-likeness (QED) is 0.496. The Morgan fingerprint density at radius 3 is 2.41 bits per heavy atom. The van der Waals surface area contributed by atoms with Crippen LogP contribution in [0.25, 0.3) is 0 Å². The molecule has 188 valence electrons. The van der Waals surface area contributed by atoms with Gasteiger partial charge in [0.25, 0.3) is 5.91 Å². The summed E-state index contributed by atoms with van der Waals surface area (Å²) in [4.78, 5) is 29.6. The van der Waals surface area contributed by atoms with Crippen LogP contribution >= 0.6 is 0 Å². The van der Waals surface area contributed by atoms with Crippen molar-refractivity contribution in [2.24, 2.45) is 0 Å². The first kappa shape index (κ1) is 26.0. The highest BCUT2D eigenvalue weighted by atomic mass is 19.4. The first-order valence-corrected chi connectivity index (χ1v) is 10.5. The second kappa shape index (κ2) is 9.21. The fourth-order valence-electron chi connectivity index (χ4n) is 3.43. The molecule has 0 saturated carbocycles. The van der Waals surface area contributed by atoms with E-state index in [1.165, 1.54) is 19.4 Å². The Kier molecular flexibility index (Phi) is 7.05. The molecule has 0 radical (unpaired) electrons. The van der Waals surface area contributed by atoms with E-state index in [9.17, 15) is 27.2 Å². The predicted octanol–water partition coefficient (Wildman–Crippen LogP) is 1.84. The van der Waals surface area contributed by atoms with Gasteiger partial charge in [0, 0.05) is 18.2 Å². The molecule has 0 unspecified atom stereocenters. The lowest BCUT2D eigenvalue weighted by Gasteiger charge is -2.32. The number of nitrogens with zero attached hydrogens (tertiary/aromatic N) is 2. The molecule has 3 heterocycles. The summed E-state index contributed by atoms with van der Waals surface area (Å²) in [5, 5.41) is 2.44. The largest absolute Gasteiger partial charge is 0.496 e. The van der Waals surface area contributed by atoms with Crippen molar-refractivity contribution in [1.82, 2.24) is 15.2 Å². The van der Waals surface area contributed by atoms with E-state index in [-0.39, 0.29) is 18.0 Å². The van der Waals surface area contributed by atoms with E-state index in [4.69, 9.17) is 14.0 Å². The topological polar surface area (TPSA) is 99.2 Å². The molecule has 0 bridgehead atoms. The van der Waals surface area contributed by atoms with Crippen LogP contribution in [0, 0.1) is 0 Å². The highest BCUT2D eigenvalue weighted by molar-refractivity contribution is 6.62. The number of halogens is 4. The van der Waals surface area contributed by atoms with Gasteiger partial charge in [0.15, 0.2) is 6.61 Å². The number of hydrogen-bond donors (Lipinski definition) is 1. The molecule has 9 nitrogen and oxygen atoms in total. The van der Waals surface area contributed by atoms with Crippen molar-refractivity contribution in [1.29, 1.82) is 0 Å². The van der Waals surface area contributed by atoms with Crippen LogP contribution in [0.5, 0.6) is 5.88 Å². The lowest BCUT2D eigenvalue weighted by Crippen LogP contribution is -2.43. The molecule has 1 N–H and O–H groups in total. The van der Waals surface area contributed by atoms with Gasteiger partial charge < -0.3 is 29.0 Å². The molecule has 0 spiro atoms. The number of carbonyl (C=O) groups excluding carboxylic acids is 2. The van der Waals surface area contributed by atoms with E-state index in [1.807, 2.05) is 27.7 Å². The standard InChI is InChI=1S/C20H26BF4N3O6/c1-18(2)19(3,4)34-21(33-18)11-6-12(16(31-5)26-7-11)15(29)27-14-9-28(8-13(14)22)17(30)32-10-20(23,24)25/h6-7,13-14H,8-10H2,1-5H3,(H,27,29)/t13-,14+/m0/s1. The van der Waals surface area contributed by atoms with Crippen molar-refractivity contribution in [3.63, 3.8) is 0 Å². The molecule has 0 aliphatic carbocycles. The molecule has 2 saturated heterocycles. The summed E-state index contributed by atoms with van der Waals surface area (Å²) in [5.41, 5.74) is -0.851. The van der Waals surface area contributed by atoms with Gasteiger partial charge in [-0.1, -0.05) is 0 Å². The van der Waals surface area contributed by atoms with Gasteiger partial charge in [0.1, 0.15) is 11.7 Å². The Bertz CT molecular complexity index is 929. The van der Waals surface area contributed by atoms with E-state index in [1.54, 1.807) is 0 Å². The van der Waals surface area contributed by atoms with Gasteiger partial charge in [-0.3, -0.25) is 4.79 Å². The second-order valence-corrected chi connectivity index (χ2v) is 9.08. The van der Waals surface area contributed by atoms with Crippen molar-refractivity contribution in [3.8, 4) is 5.88 Å². The first-order valence-electron chi connectivity index (χ1n) is 10.5. The van der Waals surface area contributed by atoms with Crippen LogP contribution < -0.4 is 15.5 Å². The van der Waals surface area contributed by atoms with Gasteiger partial charge in [-0.05, 0) is 33.8 Å². The zero-order valence-electron chi connectivity index (χ0n) is 19.4. The second-order valence-electron chi connectivity index (χ2n) is 9.08. The third-order valence-electron chi connectivity index (χ3n) is 6.02. The average Bonchev–Trinajstić information content (AvgIpc) is 3.20. The maximum Gasteiger partial charge on any atom is 0.496 e. The molecule has 34 heavy (non-hydrogen) atoms. The predicted molar refractivity (Wildman–Crippen MR) is 112 cm³/mol. The first-order chi connectivity index (χ1) is 15.6. The Morgan fingerprint density at radius 1 is 1.24 bits per heavy atom. The normalized spacial score (nSPS) is 23.7. The molecule has 2 fully saturated rings. The Balaban J connectivity index is 1.71. The number of alkyl halides is 4. The number of carbonyl (C=O) groups is 2. The fraction of sp³-hybridized carbons (Fsp3) is 0.650. The third kappa shape index (κ3) is 5.54. The van der Waals surface area contributed by atoms with Crippen LogP contribution in [0.2, 0.25) is 0 Å². The van der Waals surface area contributed by atoms with Gasteiger partial charge in [-0.25, -0.2) is 14.2 Å². The van der Waals surface area contributed by atoms with Crippen LogP contribution in [0.4, 0.5) is 22.4 Å². The lowest BCUT2D eigenvalue weighted by atomic mass is 9.79. The van der Waals surface area contributed by atoms with Crippen molar-refractivity contribution < 1.29 is 45.9 Å². The van der Waals surface area contributed by atoms with E-state index >= 15 is 0 Å². The van der Waals surface area contributed by atoms with E-state index in [0.717, 1.165) is 4.90 Å². The Labute approximate surface area is 194 Å². The molecule has 0 aromatic carbocycles. The van der Waals surface area contributed by atoms with Crippen LogP contribution in [0.3, 0.4) is 0 Å². The molecule has 1 aromatic rings. The van der Waals surface area contributed by atoms with Crippen LogP contribution in [0.1, 0.15) is 38.1 Å². The minimum atomic E-state index is -4.70. The van der Waals surface area contributed by atoms with Crippen molar-refractivity contribution >= 4 is 24.6 Å². The zero-order valence-corrected chi connectivity index (χ0v) is 19.4. The number of ether oxygens (including phenoxy) is 2. The third-order valence-corrected chi connectivity index (χ3v) is 6.02. The molecule has 1 aromatic heterocycles. The van der Waals surface area contributed by atoms with Crippen molar-refractivity contribution in [2.45, 2.75) is 57.3 Å². The van der Waals surface area contributed by atoms with E-state index < -0.39 is 61.9 Å². The number of rotatable bonds is 5. The minimum Gasteiger partial charge on any atom is -0.480 e. The summed E-state index contributed by atoms with van der Waals surface area (Å²) >= 11 is 0. The number of aromatic nitrogens is 1.